The molecule has 1 saturated carbocycles. The van der Waals surface area contributed by atoms with Gasteiger partial charge < -0.3 is 15.2 Å². The minimum atomic E-state index is -0.589. The molecule has 2 amide bonds. The van der Waals surface area contributed by atoms with Crippen molar-refractivity contribution in [3.63, 3.8) is 0 Å². The molecule has 0 spiro atoms. The first kappa shape index (κ1) is 17.4. The number of rotatable bonds is 4. The molecule has 0 aromatic carbocycles. The molecule has 9 nitrogen and oxygen atoms in total. The summed E-state index contributed by atoms with van der Waals surface area (Å²) in [6.07, 6.45) is 5.34. The summed E-state index contributed by atoms with van der Waals surface area (Å²) >= 11 is 0. The van der Waals surface area contributed by atoms with Crippen LogP contribution in [0.1, 0.15) is 63.0 Å². The highest BCUT2D eigenvalue weighted by Gasteiger charge is 2.41. The van der Waals surface area contributed by atoms with Crippen LogP contribution in [0.25, 0.3) is 5.65 Å². The molecule has 0 bridgehead atoms. The molecule has 3 aromatic rings. The van der Waals surface area contributed by atoms with E-state index in [9.17, 15) is 4.79 Å². The number of carbonyl (C=O) groups is 1. The van der Waals surface area contributed by atoms with E-state index in [4.69, 9.17) is 4.52 Å². The Morgan fingerprint density at radius 1 is 1.26 bits per heavy atom. The first-order valence-corrected chi connectivity index (χ1v) is 9.21. The lowest BCUT2D eigenvalue weighted by molar-refractivity contribution is 0.232. The average Bonchev–Trinajstić information content (AvgIpc) is 3.32. The van der Waals surface area contributed by atoms with Gasteiger partial charge >= 0.3 is 6.03 Å². The Morgan fingerprint density at radius 2 is 2.04 bits per heavy atom. The Bertz CT molecular complexity index is 969. The monoisotopic (exact) mass is 369 g/mol. The summed E-state index contributed by atoms with van der Waals surface area (Å²) in [6, 6.07) is 3.31. The minimum absolute atomic E-state index is 0.149. The molecule has 3 heterocycles. The lowest BCUT2D eigenvalue weighted by atomic mass is 9.97. The van der Waals surface area contributed by atoms with Crippen LogP contribution in [0.5, 0.6) is 0 Å². The third-order valence-electron chi connectivity index (χ3n) is 4.87. The lowest BCUT2D eigenvalue weighted by Crippen LogP contribution is -2.46. The van der Waals surface area contributed by atoms with Crippen LogP contribution in [0.2, 0.25) is 0 Å². The van der Waals surface area contributed by atoms with Crippen molar-refractivity contribution in [2.75, 3.05) is 5.32 Å². The molecule has 0 saturated heterocycles. The molecule has 1 aliphatic rings. The zero-order chi connectivity index (χ0) is 19.0. The largest absolute Gasteiger partial charge is 0.339 e. The number of anilines is 1. The van der Waals surface area contributed by atoms with Crippen molar-refractivity contribution in [3.8, 4) is 0 Å². The molecule has 4 rings (SSSR count). The minimum Gasteiger partial charge on any atom is -0.339 e. The summed E-state index contributed by atoms with van der Waals surface area (Å²) in [5.41, 5.74) is 0.780. The summed E-state index contributed by atoms with van der Waals surface area (Å²) in [5, 5.41) is 14.4. The van der Waals surface area contributed by atoms with Crippen LogP contribution in [0.3, 0.4) is 0 Å². The molecular formula is C18H23N7O2. The Kier molecular flexibility index (Phi) is 4.29. The number of aryl methyl sites for hydroxylation is 1. The second-order valence-electron chi connectivity index (χ2n) is 7.36. The molecule has 142 valence electrons. The zero-order valence-corrected chi connectivity index (χ0v) is 15.7. The van der Waals surface area contributed by atoms with Gasteiger partial charge in [-0.05, 0) is 31.9 Å². The van der Waals surface area contributed by atoms with Crippen LogP contribution in [0.15, 0.2) is 22.9 Å². The Labute approximate surface area is 156 Å². The number of nitrogens with zero attached hydrogens (tertiary/aromatic N) is 5. The number of nitrogens with one attached hydrogen (secondary N) is 2. The van der Waals surface area contributed by atoms with Crippen LogP contribution in [-0.2, 0) is 5.54 Å². The first-order valence-electron chi connectivity index (χ1n) is 9.21. The highest BCUT2D eigenvalue weighted by molar-refractivity contribution is 5.89. The Morgan fingerprint density at radius 3 is 2.74 bits per heavy atom. The van der Waals surface area contributed by atoms with E-state index in [-0.39, 0.29) is 11.9 Å². The topological polar surface area (TPSA) is 110 Å². The van der Waals surface area contributed by atoms with Gasteiger partial charge in [0.1, 0.15) is 11.4 Å². The normalized spacial score (nSPS) is 16.1. The molecule has 27 heavy (non-hydrogen) atoms. The van der Waals surface area contributed by atoms with Crippen molar-refractivity contribution in [1.29, 1.82) is 0 Å². The average molecular weight is 369 g/mol. The van der Waals surface area contributed by atoms with Gasteiger partial charge in [0.25, 0.3) is 0 Å². The predicted octanol–water partition coefficient (Wildman–Crippen LogP) is 3.14. The summed E-state index contributed by atoms with van der Waals surface area (Å²) < 4.78 is 7.01. The number of pyridine rings is 1. The smallest absolute Gasteiger partial charge is 0.320 e. The summed E-state index contributed by atoms with van der Waals surface area (Å²) in [6.45, 7) is 5.83. The summed E-state index contributed by atoms with van der Waals surface area (Å²) in [5.74, 6) is 1.97. The van der Waals surface area contributed by atoms with Crippen LogP contribution >= 0.6 is 0 Å². The number of urea groups is 1. The second kappa shape index (κ2) is 6.64. The fourth-order valence-electron chi connectivity index (χ4n) is 3.49. The van der Waals surface area contributed by atoms with E-state index in [0.29, 0.717) is 23.2 Å². The number of aromatic nitrogens is 5. The molecule has 0 aliphatic heterocycles. The quantitative estimate of drug-likeness (QED) is 0.731. The van der Waals surface area contributed by atoms with Crippen LogP contribution in [0, 0.1) is 6.92 Å². The molecule has 0 radical (unpaired) electrons. The SMILES string of the molecule is Cc1nc2ccc(NC(=O)NC3(c4noc(C(C)C)n4)CCCC3)cn2n1. The number of hydrogen-bond donors (Lipinski definition) is 2. The van der Waals surface area contributed by atoms with Crippen molar-refractivity contribution in [2.24, 2.45) is 0 Å². The Hall–Kier alpha value is -2.97. The first-order chi connectivity index (χ1) is 12.9. The van der Waals surface area contributed by atoms with Crippen LogP contribution < -0.4 is 10.6 Å². The van der Waals surface area contributed by atoms with Crippen molar-refractivity contribution in [3.05, 3.63) is 35.9 Å². The van der Waals surface area contributed by atoms with Gasteiger partial charge in [-0.3, -0.25) is 0 Å². The van der Waals surface area contributed by atoms with Gasteiger partial charge in [-0.15, -0.1) is 0 Å². The summed E-state index contributed by atoms with van der Waals surface area (Å²) in [7, 11) is 0. The van der Waals surface area contributed by atoms with E-state index in [1.54, 1.807) is 16.8 Å². The van der Waals surface area contributed by atoms with Crippen molar-refractivity contribution in [1.82, 2.24) is 30.1 Å². The number of carbonyl (C=O) groups excluding carboxylic acids is 1. The van der Waals surface area contributed by atoms with Gasteiger partial charge in [0.05, 0.1) is 11.9 Å². The maximum atomic E-state index is 12.7. The number of fused-ring (bicyclic) bond motifs is 1. The van der Waals surface area contributed by atoms with E-state index < -0.39 is 5.54 Å². The van der Waals surface area contributed by atoms with E-state index in [0.717, 1.165) is 31.3 Å². The fourth-order valence-corrected chi connectivity index (χ4v) is 3.49. The van der Waals surface area contributed by atoms with Gasteiger partial charge in [-0.25, -0.2) is 14.3 Å². The predicted molar refractivity (Wildman–Crippen MR) is 98.4 cm³/mol. The van der Waals surface area contributed by atoms with Crippen molar-refractivity contribution >= 4 is 17.4 Å². The molecule has 1 fully saturated rings. The van der Waals surface area contributed by atoms with Crippen molar-refractivity contribution < 1.29 is 9.32 Å². The van der Waals surface area contributed by atoms with Gasteiger partial charge in [0, 0.05) is 5.92 Å². The Balaban J connectivity index is 1.52. The van der Waals surface area contributed by atoms with Gasteiger partial charge in [-0.2, -0.15) is 10.1 Å². The maximum Gasteiger partial charge on any atom is 0.320 e. The standard InChI is InChI=1S/C18H23N7O2/c1-11(2)15-21-16(24-27-15)18(8-4-5-9-18)22-17(26)20-13-6-7-14-19-12(3)23-25(14)10-13/h6-7,10-11H,4-5,8-9H2,1-3H3,(H2,20,22,26). The third kappa shape index (κ3) is 3.36. The highest BCUT2D eigenvalue weighted by atomic mass is 16.5. The van der Waals surface area contributed by atoms with E-state index in [1.807, 2.05) is 26.8 Å². The second-order valence-corrected chi connectivity index (χ2v) is 7.36. The molecular weight excluding hydrogens is 346 g/mol. The molecule has 1 aliphatic carbocycles. The maximum absolute atomic E-state index is 12.7. The zero-order valence-electron chi connectivity index (χ0n) is 15.7. The number of amides is 2. The van der Waals surface area contributed by atoms with Gasteiger partial charge in [0.15, 0.2) is 11.5 Å². The molecule has 9 heteroatoms. The van der Waals surface area contributed by atoms with Crippen LogP contribution in [-0.4, -0.2) is 30.8 Å². The van der Waals surface area contributed by atoms with E-state index in [2.05, 4.69) is 30.9 Å². The van der Waals surface area contributed by atoms with Crippen LogP contribution in [0.4, 0.5) is 10.5 Å². The fraction of sp³-hybridized carbons (Fsp3) is 0.500. The van der Waals surface area contributed by atoms with Crippen molar-refractivity contribution in [2.45, 2.75) is 57.9 Å². The molecule has 0 unspecified atom stereocenters. The summed E-state index contributed by atoms with van der Waals surface area (Å²) in [4.78, 5) is 21.5. The third-order valence-corrected chi connectivity index (χ3v) is 4.87. The van der Waals surface area contributed by atoms with E-state index in [1.165, 1.54) is 0 Å². The van der Waals surface area contributed by atoms with Gasteiger partial charge in [0.2, 0.25) is 5.89 Å². The molecule has 0 atom stereocenters. The number of hydrogen-bond acceptors (Lipinski definition) is 6. The van der Waals surface area contributed by atoms with E-state index >= 15 is 0 Å². The van der Waals surface area contributed by atoms with Gasteiger partial charge in [-0.1, -0.05) is 31.8 Å². The molecule has 2 N–H and O–H groups in total. The highest BCUT2D eigenvalue weighted by Crippen LogP contribution is 2.37. The lowest BCUT2D eigenvalue weighted by Gasteiger charge is -2.26. The molecule has 3 aromatic heterocycles.